The molecule has 3 nitrogen and oxygen atoms in total. The number of nitrogens with one attached hydrogen (secondary N) is 1. The normalized spacial score (nSPS) is 16.8. The van der Waals surface area contributed by atoms with E-state index in [1.807, 2.05) is 6.07 Å². The highest BCUT2D eigenvalue weighted by atomic mass is 16.1. The van der Waals surface area contributed by atoms with Crippen molar-refractivity contribution in [3.63, 3.8) is 0 Å². The number of amides is 1. The van der Waals surface area contributed by atoms with E-state index in [-0.39, 0.29) is 11.3 Å². The molecule has 0 heterocycles. The molecular formula is C16H24N2O. The minimum Gasteiger partial charge on any atom is -0.355 e. The Kier molecular flexibility index (Phi) is 4.25. The SMILES string of the molecule is Cc1ccc(CC(=O)NCC2(CN)CCC2)c(C)c1. The van der Waals surface area contributed by atoms with Gasteiger partial charge in [0.2, 0.25) is 5.91 Å². The van der Waals surface area contributed by atoms with Crippen LogP contribution in [-0.2, 0) is 11.2 Å². The molecule has 1 aromatic rings. The third-order valence-electron chi connectivity index (χ3n) is 4.36. The molecule has 2 rings (SSSR count). The molecule has 1 aliphatic carbocycles. The third kappa shape index (κ3) is 3.35. The molecule has 3 N–H and O–H groups in total. The van der Waals surface area contributed by atoms with Crippen LogP contribution in [0.3, 0.4) is 0 Å². The largest absolute Gasteiger partial charge is 0.355 e. The van der Waals surface area contributed by atoms with Crippen LogP contribution in [0, 0.1) is 19.3 Å². The highest BCUT2D eigenvalue weighted by Crippen LogP contribution is 2.39. The zero-order chi connectivity index (χ0) is 13.9. The Morgan fingerprint density at radius 3 is 2.63 bits per heavy atom. The number of benzene rings is 1. The lowest BCUT2D eigenvalue weighted by Gasteiger charge is -2.41. The lowest BCUT2D eigenvalue weighted by molar-refractivity contribution is -0.121. The van der Waals surface area contributed by atoms with Gasteiger partial charge in [0.25, 0.3) is 0 Å². The van der Waals surface area contributed by atoms with E-state index in [0.717, 1.165) is 24.9 Å². The molecule has 0 bridgehead atoms. The standard InChI is InChI=1S/C16H24N2O/c1-12-4-5-14(13(2)8-12)9-15(19)18-11-16(10-17)6-3-7-16/h4-5,8H,3,6-7,9-11,17H2,1-2H3,(H,18,19). The van der Waals surface area contributed by atoms with Gasteiger partial charge in [0.15, 0.2) is 0 Å². The molecular weight excluding hydrogens is 236 g/mol. The van der Waals surface area contributed by atoms with Crippen molar-refractivity contribution in [2.75, 3.05) is 13.1 Å². The van der Waals surface area contributed by atoms with Gasteiger partial charge in [-0.15, -0.1) is 0 Å². The van der Waals surface area contributed by atoms with Crippen LogP contribution < -0.4 is 11.1 Å². The maximum Gasteiger partial charge on any atom is 0.224 e. The van der Waals surface area contributed by atoms with Crippen molar-refractivity contribution < 1.29 is 4.79 Å². The fraction of sp³-hybridized carbons (Fsp3) is 0.562. The summed E-state index contributed by atoms with van der Waals surface area (Å²) in [6, 6.07) is 6.23. The Bertz CT molecular complexity index is 458. The average Bonchev–Trinajstić information content (AvgIpc) is 2.32. The first-order valence-electron chi connectivity index (χ1n) is 7.08. The van der Waals surface area contributed by atoms with E-state index in [1.54, 1.807) is 0 Å². The molecule has 0 unspecified atom stereocenters. The molecule has 0 radical (unpaired) electrons. The van der Waals surface area contributed by atoms with Crippen molar-refractivity contribution in [2.45, 2.75) is 39.5 Å². The van der Waals surface area contributed by atoms with Crippen LogP contribution in [-0.4, -0.2) is 19.0 Å². The minimum absolute atomic E-state index is 0.103. The zero-order valence-electron chi connectivity index (χ0n) is 12.0. The number of aryl methyl sites for hydroxylation is 2. The Hall–Kier alpha value is -1.35. The number of hydrogen-bond donors (Lipinski definition) is 2. The van der Waals surface area contributed by atoms with Crippen LogP contribution in [0.1, 0.15) is 36.0 Å². The van der Waals surface area contributed by atoms with E-state index in [9.17, 15) is 4.79 Å². The van der Waals surface area contributed by atoms with Crippen LogP contribution >= 0.6 is 0 Å². The van der Waals surface area contributed by atoms with Gasteiger partial charge in [-0.2, -0.15) is 0 Å². The Morgan fingerprint density at radius 2 is 2.11 bits per heavy atom. The third-order valence-corrected chi connectivity index (χ3v) is 4.36. The van der Waals surface area contributed by atoms with Gasteiger partial charge in [0.1, 0.15) is 0 Å². The summed E-state index contributed by atoms with van der Waals surface area (Å²) < 4.78 is 0. The molecule has 3 heteroatoms. The number of hydrogen-bond acceptors (Lipinski definition) is 2. The summed E-state index contributed by atoms with van der Waals surface area (Å²) in [7, 11) is 0. The summed E-state index contributed by atoms with van der Waals surface area (Å²) in [5, 5.41) is 3.05. The molecule has 0 atom stereocenters. The fourth-order valence-corrected chi connectivity index (χ4v) is 2.70. The molecule has 0 aromatic heterocycles. The van der Waals surface area contributed by atoms with Gasteiger partial charge < -0.3 is 11.1 Å². The lowest BCUT2D eigenvalue weighted by atomic mass is 9.69. The number of carbonyl (C=O) groups is 1. The van der Waals surface area contributed by atoms with E-state index in [0.29, 0.717) is 13.0 Å². The molecule has 1 aromatic carbocycles. The molecule has 0 saturated heterocycles. The second-order valence-corrected chi connectivity index (χ2v) is 5.94. The van der Waals surface area contributed by atoms with Gasteiger partial charge in [0, 0.05) is 6.54 Å². The number of nitrogens with two attached hydrogens (primary N) is 1. The van der Waals surface area contributed by atoms with Crippen molar-refractivity contribution in [2.24, 2.45) is 11.1 Å². The Labute approximate surface area is 115 Å². The highest BCUT2D eigenvalue weighted by molar-refractivity contribution is 5.79. The Morgan fingerprint density at radius 1 is 1.37 bits per heavy atom. The van der Waals surface area contributed by atoms with Gasteiger partial charge in [0.05, 0.1) is 6.42 Å². The molecule has 0 aliphatic heterocycles. The zero-order valence-corrected chi connectivity index (χ0v) is 12.0. The summed E-state index contributed by atoms with van der Waals surface area (Å²) in [5.74, 6) is 0.103. The van der Waals surface area contributed by atoms with Gasteiger partial charge in [-0.3, -0.25) is 4.79 Å². The van der Waals surface area contributed by atoms with Gasteiger partial charge in [-0.25, -0.2) is 0 Å². The first kappa shape index (κ1) is 14.1. The van der Waals surface area contributed by atoms with Crippen LogP contribution in [0.15, 0.2) is 18.2 Å². The first-order valence-corrected chi connectivity index (χ1v) is 7.08. The first-order chi connectivity index (χ1) is 9.04. The average molecular weight is 260 g/mol. The second-order valence-electron chi connectivity index (χ2n) is 5.94. The molecule has 19 heavy (non-hydrogen) atoms. The predicted octanol–water partition coefficient (Wildman–Crippen LogP) is 2.09. The van der Waals surface area contributed by atoms with Crippen molar-refractivity contribution in [3.8, 4) is 0 Å². The summed E-state index contributed by atoms with van der Waals surface area (Å²) in [4.78, 5) is 12.0. The van der Waals surface area contributed by atoms with Crippen LogP contribution in [0.2, 0.25) is 0 Å². The predicted molar refractivity (Wildman–Crippen MR) is 78.0 cm³/mol. The van der Waals surface area contributed by atoms with E-state index >= 15 is 0 Å². The minimum atomic E-state index is 0.103. The second kappa shape index (κ2) is 5.74. The lowest BCUT2D eigenvalue weighted by Crippen LogP contribution is -2.47. The van der Waals surface area contributed by atoms with Crippen molar-refractivity contribution >= 4 is 5.91 Å². The maximum absolute atomic E-state index is 12.0. The van der Waals surface area contributed by atoms with Gasteiger partial charge in [-0.05, 0) is 49.8 Å². The van der Waals surface area contributed by atoms with Gasteiger partial charge in [-0.1, -0.05) is 30.2 Å². The summed E-state index contributed by atoms with van der Waals surface area (Å²) in [6.45, 7) is 5.53. The van der Waals surface area contributed by atoms with Crippen molar-refractivity contribution in [3.05, 3.63) is 34.9 Å². The van der Waals surface area contributed by atoms with E-state index in [4.69, 9.17) is 5.73 Å². The molecule has 1 fully saturated rings. The highest BCUT2D eigenvalue weighted by Gasteiger charge is 2.35. The fourth-order valence-electron chi connectivity index (χ4n) is 2.70. The summed E-state index contributed by atoms with van der Waals surface area (Å²) in [6.07, 6.45) is 4.00. The number of carbonyl (C=O) groups excluding carboxylic acids is 1. The molecule has 104 valence electrons. The van der Waals surface area contributed by atoms with E-state index in [1.165, 1.54) is 17.5 Å². The monoisotopic (exact) mass is 260 g/mol. The maximum atomic E-state index is 12.0. The topological polar surface area (TPSA) is 55.1 Å². The summed E-state index contributed by atoms with van der Waals surface area (Å²) in [5.41, 5.74) is 9.51. The molecule has 1 aliphatic rings. The molecule has 1 saturated carbocycles. The van der Waals surface area contributed by atoms with Gasteiger partial charge >= 0.3 is 0 Å². The van der Waals surface area contributed by atoms with Crippen molar-refractivity contribution in [1.82, 2.24) is 5.32 Å². The smallest absolute Gasteiger partial charge is 0.224 e. The van der Waals surface area contributed by atoms with Crippen LogP contribution in [0.5, 0.6) is 0 Å². The quantitative estimate of drug-likeness (QED) is 0.851. The van der Waals surface area contributed by atoms with Crippen molar-refractivity contribution in [1.29, 1.82) is 0 Å². The van der Waals surface area contributed by atoms with E-state index < -0.39 is 0 Å². The van der Waals surface area contributed by atoms with E-state index in [2.05, 4.69) is 31.3 Å². The molecule has 1 amide bonds. The van der Waals surface area contributed by atoms with Crippen LogP contribution in [0.4, 0.5) is 0 Å². The number of rotatable bonds is 5. The molecule has 0 spiro atoms. The summed E-state index contributed by atoms with van der Waals surface area (Å²) >= 11 is 0. The Balaban J connectivity index is 1.87. The van der Waals surface area contributed by atoms with Crippen LogP contribution in [0.25, 0.3) is 0 Å².